The van der Waals surface area contributed by atoms with Gasteiger partial charge in [-0.2, -0.15) is 0 Å². The molecule has 1 heterocycles. The Bertz CT molecular complexity index is 258. The minimum atomic E-state index is -0.282. The molecule has 0 aliphatic carbocycles. The van der Waals surface area contributed by atoms with Crippen LogP contribution in [0.2, 0.25) is 0 Å². The molecule has 1 atom stereocenters. The Hall–Kier alpha value is -1.32. The van der Waals surface area contributed by atoms with E-state index in [0.717, 1.165) is 0 Å². The minimum Gasteiger partial charge on any atom is -0.464 e. The first kappa shape index (κ1) is 9.77. The second-order valence-corrected chi connectivity index (χ2v) is 3.09. The summed E-state index contributed by atoms with van der Waals surface area (Å²) in [6.07, 6.45) is 2.13. The van der Waals surface area contributed by atoms with E-state index < -0.39 is 0 Å². The van der Waals surface area contributed by atoms with E-state index in [4.69, 9.17) is 4.74 Å². The van der Waals surface area contributed by atoms with Crippen LogP contribution < -0.4 is 5.32 Å². The highest BCUT2D eigenvalue weighted by atomic mass is 16.5. The maximum absolute atomic E-state index is 11.0. The summed E-state index contributed by atoms with van der Waals surface area (Å²) in [5, 5.41) is 2.93. The molecule has 72 valence electrons. The Morgan fingerprint density at radius 2 is 2.31 bits per heavy atom. The van der Waals surface area contributed by atoms with Crippen molar-refractivity contribution in [3.05, 3.63) is 11.8 Å². The Labute approximate surface area is 76.9 Å². The van der Waals surface area contributed by atoms with E-state index in [1.54, 1.807) is 6.92 Å². The van der Waals surface area contributed by atoms with Crippen molar-refractivity contribution in [3.63, 3.8) is 0 Å². The highest BCUT2D eigenvalue weighted by Gasteiger charge is 2.25. The number of carbonyl (C=O) groups excluding carboxylic acids is 2. The number of carbonyl (C=O) groups is 2. The number of rotatable bonds is 3. The van der Waals surface area contributed by atoms with Gasteiger partial charge in [0.1, 0.15) is 6.04 Å². The molecule has 0 radical (unpaired) electrons. The Morgan fingerprint density at radius 3 is 2.77 bits per heavy atom. The molecule has 0 bridgehead atoms. The lowest BCUT2D eigenvalue weighted by atomic mass is 10.2. The van der Waals surface area contributed by atoms with Crippen molar-refractivity contribution in [1.82, 2.24) is 5.32 Å². The summed E-state index contributed by atoms with van der Waals surface area (Å²) >= 11 is 0. The van der Waals surface area contributed by atoms with Gasteiger partial charge in [-0.3, -0.25) is 4.79 Å². The molecule has 1 aliphatic heterocycles. The zero-order chi connectivity index (χ0) is 9.84. The lowest BCUT2D eigenvalue weighted by Crippen LogP contribution is -2.31. The van der Waals surface area contributed by atoms with Gasteiger partial charge in [-0.15, -0.1) is 0 Å². The number of allylic oxidation sites excluding steroid dienone is 2. The lowest BCUT2D eigenvalue weighted by molar-refractivity contribution is -0.139. The summed E-state index contributed by atoms with van der Waals surface area (Å²) in [4.78, 5) is 21.7. The summed E-state index contributed by atoms with van der Waals surface area (Å²) in [5.41, 5.74) is 0.705. The van der Waals surface area contributed by atoms with Crippen LogP contribution in [0, 0.1) is 0 Å². The van der Waals surface area contributed by atoms with Crippen LogP contribution in [0.15, 0.2) is 11.8 Å². The molecule has 4 heteroatoms. The predicted molar refractivity (Wildman–Crippen MR) is 46.9 cm³/mol. The fourth-order valence-corrected chi connectivity index (χ4v) is 1.25. The van der Waals surface area contributed by atoms with E-state index in [1.807, 2.05) is 0 Å². The van der Waals surface area contributed by atoms with Crippen LogP contribution in [0.4, 0.5) is 0 Å². The first-order chi connectivity index (χ1) is 6.09. The monoisotopic (exact) mass is 183 g/mol. The summed E-state index contributed by atoms with van der Waals surface area (Å²) < 4.78 is 4.76. The molecule has 0 amide bonds. The van der Waals surface area contributed by atoms with Gasteiger partial charge in [-0.1, -0.05) is 0 Å². The fraction of sp³-hybridized carbons (Fsp3) is 0.556. The number of ketones is 1. The molecule has 1 N–H and O–H groups in total. The van der Waals surface area contributed by atoms with Crippen molar-refractivity contribution in [2.24, 2.45) is 0 Å². The zero-order valence-electron chi connectivity index (χ0n) is 7.79. The second kappa shape index (κ2) is 4.07. The third kappa shape index (κ3) is 2.89. The number of cyclic esters (lactones) is 1. The smallest absolute Gasteiger partial charge is 0.328 e. The largest absolute Gasteiger partial charge is 0.464 e. The maximum atomic E-state index is 11.0. The van der Waals surface area contributed by atoms with Gasteiger partial charge in [-0.05, 0) is 19.9 Å². The van der Waals surface area contributed by atoms with E-state index in [0.29, 0.717) is 18.7 Å². The summed E-state index contributed by atoms with van der Waals surface area (Å²) in [5.74, 6) is -0.271. The molecular weight excluding hydrogens is 170 g/mol. The molecule has 1 saturated heterocycles. The van der Waals surface area contributed by atoms with Crippen LogP contribution in [-0.4, -0.2) is 24.4 Å². The SMILES string of the molecule is CC(=O)/C=C(/C)NC1CCOC1=O. The standard InChI is InChI=1S/C9H13NO3/c1-6(5-7(2)11)10-8-3-4-13-9(8)12/h5,8,10H,3-4H2,1-2H3/b6-5-. The second-order valence-electron chi connectivity index (χ2n) is 3.09. The van der Waals surface area contributed by atoms with Crippen LogP contribution in [-0.2, 0) is 14.3 Å². The average molecular weight is 183 g/mol. The molecular formula is C9H13NO3. The van der Waals surface area contributed by atoms with E-state index in [2.05, 4.69) is 5.32 Å². The van der Waals surface area contributed by atoms with Gasteiger partial charge < -0.3 is 10.1 Å². The van der Waals surface area contributed by atoms with Crippen LogP contribution in [0.3, 0.4) is 0 Å². The van der Waals surface area contributed by atoms with Crippen molar-refractivity contribution in [2.45, 2.75) is 26.3 Å². The number of nitrogens with one attached hydrogen (secondary N) is 1. The normalized spacial score (nSPS) is 22.8. The van der Waals surface area contributed by atoms with Gasteiger partial charge in [0.05, 0.1) is 6.61 Å². The van der Waals surface area contributed by atoms with E-state index in [9.17, 15) is 9.59 Å². The van der Waals surface area contributed by atoms with Gasteiger partial charge in [0.15, 0.2) is 5.78 Å². The van der Waals surface area contributed by atoms with E-state index in [-0.39, 0.29) is 17.8 Å². The highest BCUT2D eigenvalue weighted by molar-refractivity contribution is 5.88. The maximum Gasteiger partial charge on any atom is 0.328 e. The Balaban J connectivity index is 2.48. The predicted octanol–water partition coefficient (Wildman–Crippen LogP) is 0.384. The first-order valence-corrected chi connectivity index (χ1v) is 4.21. The quantitative estimate of drug-likeness (QED) is 0.508. The third-order valence-electron chi connectivity index (χ3n) is 1.76. The average Bonchev–Trinajstić information content (AvgIpc) is 2.34. The van der Waals surface area contributed by atoms with Gasteiger partial charge in [0.25, 0.3) is 0 Å². The van der Waals surface area contributed by atoms with Crippen LogP contribution in [0.5, 0.6) is 0 Å². The topological polar surface area (TPSA) is 55.4 Å². The lowest BCUT2D eigenvalue weighted by Gasteiger charge is -2.09. The molecule has 13 heavy (non-hydrogen) atoms. The number of hydrogen-bond donors (Lipinski definition) is 1. The zero-order valence-corrected chi connectivity index (χ0v) is 7.79. The molecule has 1 unspecified atom stereocenters. The third-order valence-corrected chi connectivity index (χ3v) is 1.76. The first-order valence-electron chi connectivity index (χ1n) is 4.21. The van der Waals surface area contributed by atoms with Gasteiger partial charge in [0.2, 0.25) is 0 Å². The Kier molecular flexibility index (Phi) is 3.06. The van der Waals surface area contributed by atoms with Crippen molar-refractivity contribution in [3.8, 4) is 0 Å². The van der Waals surface area contributed by atoms with Crippen LogP contribution >= 0.6 is 0 Å². The highest BCUT2D eigenvalue weighted by Crippen LogP contribution is 2.07. The summed E-state index contributed by atoms with van der Waals surface area (Å²) in [6, 6.07) is -0.282. The molecule has 1 rings (SSSR count). The number of ether oxygens (including phenoxy) is 1. The van der Waals surface area contributed by atoms with Crippen molar-refractivity contribution in [2.75, 3.05) is 6.61 Å². The molecule has 0 aromatic rings. The summed E-state index contributed by atoms with van der Waals surface area (Å²) in [6.45, 7) is 3.69. The van der Waals surface area contributed by atoms with E-state index >= 15 is 0 Å². The van der Waals surface area contributed by atoms with Crippen molar-refractivity contribution >= 4 is 11.8 Å². The van der Waals surface area contributed by atoms with Gasteiger partial charge in [0, 0.05) is 12.1 Å². The van der Waals surface area contributed by atoms with Crippen molar-refractivity contribution < 1.29 is 14.3 Å². The summed E-state index contributed by atoms with van der Waals surface area (Å²) in [7, 11) is 0. The fourth-order valence-electron chi connectivity index (χ4n) is 1.25. The van der Waals surface area contributed by atoms with Crippen LogP contribution in [0.1, 0.15) is 20.3 Å². The number of hydrogen-bond acceptors (Lipinski definition) is 4. The number of esters is 1. The van der Waals surface area contributed by atoms with E-state index in [1.165, 1.54) is 13.0 Å². The molecule has 0 saturated carbocycles. The van der Waals surface area contributed by atoms with Gasteiger partial charge in [-0.25, -0.2) is 4.79 Å². The molecule has 4 nitrogen and oxygen atoms in total. The van der Waals surface area contributed by atoms with Crippen LogP contribution in [0.25, 0.3) is 0 Å². The molecule has 1 fully saturated rings. The van der Waals surface area contributed by atoms with Gasteiger partial charge >= 0.3 is 5.97 Å². The Morgan fingerprint density at radius 1 is 1.62 bits per heavy atom. The molecule has 1 aliphatic rings. The molecule has 0 aromatic heterocycles. The molecule has 0 aromatic carbocycles. The molecule has 0 spiro atoms. The van der Waals surface area contributed by atoms with Crippen molar-refractivity contribution in [1.29, 1.82) is 0 Å². The minimum absolute atomic E-state index is 0.0311.